The Morgan fingerprint density at radius 3 is 0.931 bits per heavy atom. The van der Waals surface area contributed by atoms with Crippen LogP contribution >= 0.6 is 25.3 Å². The zero-order valence-corrected chi connectivity index (χ0v) is 21.7. The third kappa shape index (κ3) is 24.8. The monoisotopic (exact) mass is 446 g/mol. The van der Waals surface area contributed by atoms with Crippen molar-refractivity contribution in [3.05, 3.63) is 0 Å². The van der Waals surface area contributed by atoms with Crippen LogP contribution in [0.4, 0.5) is 0 Å². The third-order valence-electron chi connectivity index (χ3n) is 5.80. The van der Waals surface area contributed by atoms with E-state index >= 15 is 0 Å². The normalized spacial score (nSPS) is 12.0. The zero-order valence-electron chi connectivity index (χ0n) is 20.0. The lowest BCUT2D eigenvalue weighted by Gasteiger charge is -2.25. The van der Waals surface area contributed by atoms with E-state index < -0.39 is 4.33 Å². The van der Waals surface area contributed by atoms with Crippen LogP contribution in [0.15, 0.2) is 0 Å². The summed E-state index contributed by atoms with van der Waals surface area (Å²) in [4.78, 5) is 0. The Morgan fingerprint density at radius 2 is 0.655 bits per heavy atom. The van der Waals surface area contributed by atoms with Crippen LogP contribution in [0.5, 0.6) is 0 Å². The molecule has 0 amide bonds. The maximum absolute atomic E-state index is 4.61. The lowest BCUT2D eigenvalue weighted by molar-refractivity contribution is 0.474. The maximum atomic E-state index is 4.61. The fraction of sp³-hybridized carbons (Fsp3) is 1.00. The van der Waals surface area contributed by atoms with Crippen LogP contribution in [0.25, 0.3) is 0 Å². The third-order valence-corrected chi connectivity index (χ3v) is 6.44. The molecule has 2 nitrogen and oxygen atoms in total. The average molecular weight is 447 g/mol. The van der Waals surface area contributed by atoms with Crippen molar-refractivity contribution < 1.29 is 0 Å². The summed E-state index contributed by atoms with van der Waals surface area (Å²) in [5.74, 6) is 0. The van der Waals surface area contributed by atoms with Gasteiger partial charge in [-0.15, -0.1) is 25.3 Å². The van der Waals surface area contributed by atoms with E-state index in [4.69, 9.17) is 0 Å². The second kappa shape index (κ2) is 23.3. The molecule has 0 atom stereocenters. The molecule has 0 saturated carbocycles. The molecule has 0 heterocycles. The quantitative estimate of drug-likeness (QED) is 0.0678. The lowest BCUT2D eigenvalue weighted by Crippen LogP contribution is -2.48. The second-order valence-corrected chi connectivity index (χ2v) is 10.6. The Balaban J connectivity index is 3.26. The fourth-order valence-electron chi connectivity index (χ4n) is 3.81. The van der Waals surface area contributed by atoms with Crippen molar-refractivity contribution in [2.45, 2.75) is 147 Å². The predicted octanol–water partition coefficient (Wildman–Crippen LogP) is 8.48. The highest BCUT2D eigenvalue weighted by molar-refractivity contribution is 8.00. The summed E-state index contributed by atoms with van der Waals surface area (Å²) in [5, 5.41) is 6.85. The summed E-state index contributed by atoms with van der Waals surface area (Å²) in [6.45, 7) is 6.54. The van der Waals surface area contributed by atoms with Gasteiger partial charge >= 0.3 is 0 Å². The Labute approximate surface area is 195 Å². The van der Waals surface area contributed by atoms with Crippen molar-refractivity contribution in [2.24, 2.45) is 0 Å². The van der Waals surface area contributed by atoms with E-state index in [9.17, 15) is 0 Å². The van der Waals surface area contributed by atoms with Crippen molar-refractivity contribution in [2.75, 3.05) is 13.1 Å². The first-order valence-electron chi connectivity index (χ1n) is 13.1. The van der Waals surface area contributed by atoms with Gasteiger partial charge in [-0.1, -0.05) is 129 Å². The molecule has 0 aliphatic carbocycles. The molecule has 0 radical (unpaired) electrons. The highest BCUT2D eigenvalue weighted by Crippen LogP contribution is 2.14. The first-order valence-corrected chi connectivity index (χ1v) is 14.0. The van der Waals surface area contributed by atoms with Crippen LogP contribution in [0.1, 0.15) is 142 Å². The molecule has 0 aromatic carbocycles. The minimum atomic E-state index is -0.528. The van der Waals surface area contributed by atoms with Crippen LogP contribution in [-0.2, 0) is 0 Å². The molecular weight excluding hydrogens is 392 g/mol. The van der Waals surface area contributed by atoms with Gasteiger partial charge in [0.1, 0.15) is 0 Å². The summed E-state index contributed by atoms with van der Waals surface area (Å²) >= 11 is 9.22. The minimum absolute atomic E-state index is 0.528. The van der Waals surface area contributed by atoms with Gasteiger partial charge in [0.2, 0.25) is 0 Å². The van der Waals surface area contributed by atoms with Crippen LogP contribution in [0.3, 0.4) is 0 Å². The number of unbranched alkanes of at least 4 members (excludes halogenated alkanes) is 18. The summed E-state index contributed by atoms with van der Waals surface area (Å²) < 4.78 is -0.528. The smallest absolute Gasteiger partial charge is 0.160 e. The Hall–Kier alpha value is 0.620. The van der Waals surface area contributed by atoms with Crippen molar-refractivity contribution in [3.8, 4) is 0 Å². The van der Waals surface area contributed by atoms with Crippen molar-refractivity contribution in [3.63, 3.8) is 0 Å². The molecule has 0 aromatic heterocycles. The van der Waals surface area contributed by atoms with Crippen LogP contribution < -0.4 is 10.6 Å². The summed E-state index contributed by atoms with van der Waals surface area (Å²) in [6, 6.07) is 0. The molecule has 0 aliphatic rings. The number of nitrogens with one attached hydrogen (secondary N) is 2. The SMILES string of the molecule is CCCCCCCCCCCCCCCCNC(S)(S)NCCCCCCCC. The highest BCUT2D eigenvalue weighted by atomic mass is 32.2. The first kappa shape index (κ1) is 29.6. The van der Waals surface area contributed by atoms with Gasteiger partial charge in [0.15, 0.2) is 4.33 Å². The van der Waals surface area contributed by atoms with Crippen LogP contribution in [0, 0.1) is 0 Å². The molecule has 0 unspecified atom stereocenters. The minimum Gasteiger partial charge on any atom is -0.282 e. The van der Waals surface area contributed by atoms with E-state index in [-0.39, 0.29) is 0 Å². The van der Waals surface area contributed by atoms with Gasteiger partial charge < -0.3 is 0 Å². The van der Waals surface area contributed by atoms with Gasteiger partial charge in [-0.2, -0.15) is 0 Å². The standard InChI is InChI=1S/C25H54N2S2/c1-3-5-7-9-11-12-13-14-15-16-17-18-20-22-24-27-25(28,29)26-23-21-19-10-8-6-4-2/h26-29H,3-24H2,1-2H3. The highest BCUT2D eigenvalue weighted by Gasteiger charge is 2.16. The van der Waals surface area contributed by atoms with E-state index in [1.165, 1.54) is 128 Å². The first-order chi connectivity index (χ1) is 14.1. The predicted molar refractivity (Wildman–Crippen MR) is 140 cm³/mol. The van der Waals surface area contributed by atoms with Crippen LogP contribution in [-0.4, -0.2) is 17.4 Å². The van der Waals surface area contributed by atoms with Gasteiger partial charge in [-0.05, 0) is 25.9 Å². The Kier molecular flexibility index (Phi) is 23.8. The van der Waals surface area contributed by atoms with Crippen molar-refractivity contribution in [1.29, 1.82) is 0 Å². The number of hydrogen-bond acceptors (Lipinski definition) is 4. The molecular formula is C25H54N2S2. The molecule has 0 bridgehead atoms. The van der Waals surface area contributed by atoms with E-state index in [1.54, 1.807) is 0 Å². The fourth-order valence-corrected chi connectivity index (χ4v) is 4.26. The van der Waals surface area contributed by atoms with E-state index in [2.05, 4.69) is 49.7 Å². The lowest BCUT2D eigenvalue weighted by atomic mass is 10.0. The number of thiol groups is 2. The van der Waals surface area contributed by atoms with Gasteiger partial charge in [0.25, 0.3) is 0 Å². The van der Waals surface area contributed by atoms with Crippen LogP contribution in [0.2, 0.25) is 0 Å². The molecule has 4 heteroatoms. The topological polar surface area (TPSA) is 24.1 Å². The Bertz CT molecular complexity index is 311. The van der Waals surface area contributed by atoms with Gasteiger partial charge in [0, 0.05) is 0 Å². The largest absolute Gasteiger partial charge is 0.282 e. The summed E-state index contributed by atoms with van der Waals surface area (Å²) in [7, 11) is 0. The van der Waals surface area contributed by atoms with E-state index in [1.807, 2.05) is 0 Å². The van der Waals surface area contributed by atoms with Gasteiger partial charge in [0.05, 0.1) is 0 Å². The molecule has 0 rings (SSSR count). The summed E-state index contributed by atoms with van der Waals surface area (Å²) in [5.41, 5.74) is 0. The maximum Gasteiger partial charge on any atom is 0.160 e. The molecule has 0 saturated heterocycles. The van der Waals surface area contributed by atoms with Gasteiger partial charge in [-0.3, -0.25) is 10.6 Å². The van der Waals surface area contributed by atoms with Gasteiger partial charge in [-0.25, -0.2) is 0 Å². The molecule has 176 valence electrons. The second-order valence-electron chi connectivity index (χ2n) is 8.89. The average Bonchev–Trinajstić information content (AvgIpc) is 2.70. The number of rotatable bonds is 24. The van der Waals surface area contributed by atoms with E-state index in [0.717, 1.165) is 13.1 Å². The van der Waals surface area contributed by atoms with E-state index in [0.29, 0.717) is 0 Å². The number of hydrogen-bond donors (Lipinski definition) is 4. The zero-order chi connectivity index (χ0) is 21.5. The molecule has 0 spiro atoms. The van der Waals surface area contributed by atoms with Crippen molar-refractivity contribution in [1.82, 2.24) is 10.6 Å². The van der Waals surface area contributed by atoms with Crippen molar-refractivity contribution >= 4 is 25.3 Å². The Morgan fingerprint density at radius 1 is 0.414 bits per heavy atom. The summed E-state index contributed by atoms with van der Waals surface area (Å²) in [6.07, 6.45) is 27.6. The molecule has 0 aliphatic heterocycles. The molecule has 2 N–H and O–H groups in total. The molecule has 29 heavy (non-hydrogen) atoms. The molecule has 0 fully saturated rings. The molecule has 0 aromatic rings.